The number of allylic oxidation sites excluding steroid dienone is 2. The van der Waals surface area contributed by atoms with Gasteiger partial charge in [-0.1, -0.05) is 11.6 Å². The summed E-state index contributed by atoms with van der Waals surface area (Å²) in [5, 5.41) is 3.54. The van der Waals surface area contributed by atoms with E-state index in [9.17, 15) is 4.79 Å². The van der Waals surface area contributed by atoms with E-state index in [1.807, 2.05) is 6.92 Å². The molecule has 1 aromatic rings. The van der Waals surface area contributed by atoms with Gasteiger partial charge in [0.15, 0.2) is 0 Å². The van der Waals surface area contributed by atoms with Crippen LogP contribution in [0.5, 0.6) is 0 Å². The molecule has 0 saturated carbocycles. The Morgan fingerprint density at radius 2 is 1.85 bits per heavy atom. The first kappa shape index (κ1) is 8.32. The third-order valence-electron chi connectivity index (χ3n) is 1.96. The van der Waals surface area contributed by atoms with Gasteiger partial charge in [0.25, 0.3) is 0 Å². The van der Waals surface area contributed by atoms with E-state index in [2.05, 4.69) is 5.32 Å². The maximum absolute atomic E-state index is 11.6. The second kappa shape index (κ2) is 2.89. The van der Waals surface area contributed by atoms with Gasteiger partial charge in [-0.15, -0.1) is 0 Å². The third-order valence-corrected chi connectivity index (χ3v) is 2.21. The van der Waals surface area contributed by atoms with Gasteiger partial charge in [-0.25, -0.2) is 0 Å². The zero-order valence-corrected chi connectivity index (χ0v) is 7.85. The summed E-state index contributed by atoms with van der Waals surface area (Å²) in [6.45, 7) is 1.88. The van der Waals surface area contributed by atoms with Crippen molar-refractivity contribution in [2.24, 2.45) is 0 Å². The fraction of sp³-hybridized carbons (Fsp3) is 0.100. The minimum Gasteiger partial charge on any atom is -0.353 e. The summed E-state index contributed by atoms with van der Waals surface area (Å²) in [6.07, 6.45) is 0. The van der Waals surface area contributed by atoms with Crippen molar-refractivity contribution in [3.63, 3.8) is 0 Å². The van der Waals surface area contributed by atoms with Crippen molar-refractivity contribution in [3.05, 3.63) is 46.2 Å². The summed E-state index contributed by atoms with van der Waals surface area (Å²) in [6, 6.07) is 6.88. The Balaban J connectivity index is 2.27. The summed E-state index contributed by atoms with van der Waals surface area (Å²) in [7, 11) is 0. The lowest BCUT2D eigenvalue weighted by Crippen LogP contribution is -1.99. The number of rotatable bonds is 2. The van der Waals surface area contributed by atoms with Crippen LogP contribution in [0.3, 0.4) is 0 Å². The number of nitrogens with one attached hydrogen (secondary N) is 1. The van der Waals surface area contributed by atoms with E-state index in [4.69, 9.17) is 11.6 Å². The van der Waals surface area contributed by atoms with Crippen LogP contribution in [0.2, 0.25) is 5.02 Å². The van der Waals surface area contributed by atoms with Gasteiger partial charge in [0.05, 0.1) is 0 Å². The highest BCUT2D eigenvalue weighted by Crippen LogP contribution is 2.20. The molecule has 13 heavy (non-hydrogen) atoms. The zero-order chi connectivity index (χ0) is 9.42. The van der Waals surface area contributed by atoms with Crippen molar-refractivity contribution in [3.8, 4) is 0 Å². The van der Waals surface area contributed by atoms with E-state index < -0.39 is 0 Å². The number of halogens is 1. The highest BCUT2D eigenvalue weighted by Gasteiger charge is 2.24. The van der Waals surface area contributed by atoms with Gasteiger partial charge >= 0.3 is 0 Å². The van der Waals surface area contributed by atoms with Gasteiger partial charge < -0.3 is 5.32 Å². The predicted molar refractivity (Wildman–Crippen MR) is 51.6 cm³/mol. The van der Waals surface area contributed by atoms with E-state index in [0.29, 0.717) is 16.3 Å². The van der Waals surface area contributed by atoms with Gasteiger partial charge in [0, 0.05) is 16.3 Å². The molecule has 0 aromatic heterocycles. The molecule has 1 aromatic carbocycles. The summed E-state index contributed by atoms with van der Waals surface area (Å²) in [5.41, 5.74) is 2.34. The molecule has 1 heterocycles. The number of ketones is 1. The van der Waals surface area contributed by atoms with E-state index in [-0.39, 0.29) is 5.78 Å². The predicted octanol–water partition coefficient (Wildman–Crippen LogP) is 2.36. The molecule has 0 unspecified atom stereocenters. The van der Waals surface area contributed by atoms with Crippen LogP contribution in [-0.2, 0) is 0 Å². The minimum absolute atomic E-state index is 0.0363. The molecule has 1 N–H and O–H groups in total. The summed E-state index contributed by atoms with van der Waals surface area (Å²) < 4.78 is 0. The lowest BCUT2D eigenvalue weighted by Gasteiger charge is -1.94. The number of Topliss-reactive ketones (excluding diaryl/α,β-unsaturated/α-hetero) is 1. The fourth-order valence-electron chi connectivity index (χ4n) is 1.13. The van der Waals surface area contributed by atoms with E-state index in [0.717, 1.165) is 5.70 Å². The highest BCUT2D eigenvalue weighted by atomic mass is 35.5. The lowest BCUT2D eigenvalue weighted by molar-refractivity contribution is 0.103. The average molecular weight is 194 g/mol. The number of carbonyl (C=O) groups is 1. The Morgan fingerprint density at radius 3 is 2.31 bits per heavy atom. The van der Waals surface area contributed by atoms with Crippen LogP contribution in [0.15, 0.2) is 35.7 Å². The van der Waals surface area contributed by atoms with Crippen LogP contribution in [0.1, 0.15) is 17.3 Å². The molecular weight excluding hydrogens is 186 g/mol. The van der Waals surface area contributed by atoms with Gasteiger partial charge in [0.2, 0.25) is 5.78 Å². The molecule has 2 rings (SSSR count). The summed E-state index contributed by atoms with van der Waals surface area (Å²) >= 11 is 5.70. The number of carbonyl (C=O) groups excluding carboxylic acids is 1. The molecule has 2 nitrogen and oxygen atoms in total. The maximum atomic E-state index is 11.6. The standard InChI is InChI=1S/C10H8ClNO/c1-6-9(12-6)10(13)7-2-4-8(11)5-3-7/h2-5,12H,1H3. The second-order valence-electron chi connectivity index (χ2n) is 2.96. The van der Waals surface area contributed by atoms with E-state index in [1.165, 1.54) is 0 Å². The molecule has 66 valence electrons. The number of hydrogen-bond donors (Lipinski definition) is 1. The van der Waals surface area contributed by atoms with Crippen LogP contribution in [-0.4, -0.2) is 5.78 Å². The van der Waals surface area contributed by atoms with Crippen LogP contribution < -0.4 is 5.32 Å². The zero-order valence-electron chi connectivity index (χ0n) is 7.10. The van der Waals surface area contributed by atoms with Gasteiger partial charge in [0.1, 0.15) is 5.70 Å². The Hall–Kier alpha value is -1.28. The van der Waals surface area contributed by atoms with Crippen LogP contribution >= 0.6 is 11.6 Å². The quantitative estimate of drug-likeness (QED) is 0.733. The maximum Gasteiger partial charge on any atom is 0.210 e. The molecule has 0 radical (unpaired) electrons. The fourth-order valence-corrected chi connectivity index (χ4v) is 1.25. The summed E-state index contributed by atoms with van der Waals surface area (Å²) in [4.78, 5) is 11.6. The molecule has 0 fully saturated rings. The average Bonchev–Trinajstić information content (AvgIpc) is 2.83. The molecule has 0 spiro atoms. The first-order chi connectivity index (χ1) is 6.18. The molecule has 1 aliphatic rings. The van der Waals surface area contributed by atoms with Crippen molar-refractivity contribution >= 4 is 17.4 Å². The SMILES string of the molecule is CC1=C(C(=O)c2ccc(Cl)cc2)N1. The van der Waals surface area contributed by atoms with Crippen molar-refractivity contribution in [2.75, 3.05) is 0 Å². The van der Waals surface area contributed by atoms with E-state index >= 15 is 0 Å². The largest absolute Gasteiger partial charge is 0.353 e. The molecule has 0 bridgehead atoms. The Bertz CT molecular complexity index is 392. The monoisotopic (exact) mass is 193 g/mol. The second-order valence-corrected chi connectivity index (χ2v) is 3.40. The van der Waals surface area contributed by atoms with Gasteiger partial charge in [-0.3, -0.25) is 4.79 Å². The Kier molecular flexibility index (Phi) is 1.85. The van der Waals surface area contributed by atoms with Crippen molar-refractivity contribution in [2.45, 2.75) is 6.92 Å². The molecule has 0 amide bonds. The van der Waals surface area contributed by atoms with Crippen molar-refractivity contribution in [1.29, 1.82) is 0 Å². The van der Waals surface area contributed by atoms with E-state index in [1.54, 1.807) is 24.3 Å². The molecule has 0 atom stereocenters. The third kappa shape index (κ3) is 1.58. The minimum atomic E-state index is 0.0363. The number of benzene rings is 1. The summed E-state index contributed by atoms with van der Waals surface area (Å²) in [5.74, 6) is 0.0363. The normalized spacial score (nSPS) is 14.0. The molecule has 0 saturated heterocycles. The van der Waals surface area contributed by atoms with Gasteiger partial charge in [-0.2, -0.15) is 0 Å². The molecular formula is C10H8ClNO. The Labute approximate surface area is 81.2 Å². The van der Waals surface area contributed by atoms with Crippen molar-refractivity contribution < 1.29 is 4.79 Å². The lowest BCUT2D eigenvalue weighted by atomic mass is 10.1. The molecule has 0 aliphatic carbocycles. The van der Waals surface area contributed by atoms with Crippen LogP contribution in [0.4, 0.5) is 0 Å². The topological polar surface area (TPSA) is 39.0 Å². The first-order valence-electron chi connectivity index (χ1n) is 3.96. The molecule has 1 aliphatic heterocycles. The first-order valence-corrected chi connectivity index (χ1v) is 4.34. The van der Waals surface area contributed by atoms with Crippen molar-refractivity contribution in [1.82, 2.24) is 5.32 Å². The highest BCUT2D eigenvalue weighted by molar-refractivity contribution is 6.30. The smallest absolute Gasteiger partial charge is 0.210 e. The van der Waals surface area contributed by atoms with Crippen LogP contribution in [0.25, 0.3) is 0 Å². The number of hydrogen-bond acceptors (Lipinski definition) is 2. The van der Waals surface area contributed by atoms with Gasteiger partial charge in [-0.05, 0) is 31.2 Å². The van der Waals surface area contributed by atoms with Crippen LogP contribution in [0, 0.1) is 0 Å². The Morgan fingerprint density at radius 1 is 1.31 bits per heavy atom. The molecule has 3 heteroatoms.